The van der Waals surface area contributed by atoms with Gasteiger partial charge in [-0.2, -0.15) is 0 Å². The van der Waals surface area contributed by atoms with Crippen LogP contribution in [0.1, 0.15) is 23.7 Å². The quantitative estimate of drug-likeness (QED) is 0.845. The molecule has 0 bridgehead atoms. The summed E-state index contributed by atoms with van der Waals surface area (Å²) in [5.41, 5.74) is 0.545. The Kier molecular flexibility index (Phi) is 5.07. The second-order valence-electron chi connectivity index (χ2n) is 4.62. The molecular formula is C14H18BrNO3. The van der Waals surface area contributed by atoms with Gasteiger partial charge in [0.2, 0.25) is 0 Å². The molecule has 1 unspecified atom stereocenters. The van der Waals surface area contributed by atoms with Gasteiger partial charge in [-0.25, -0.2) is 0 Å². The van der Waals surface area contributed by atoms with Crippen LogP contribution >= 0.6 is 15.9 Å². The molecule has 4 nitrogen and oxygen atoms in total. The Hall–Kier alpha value is -1.23. The maximum absolute atomic E-state index is 12.2. The number of ether oxygens (including phenoxy) is 2. The number of rotatable bonds is 5. The van der Waals surface area contributed by atoms with E-state index in [9.17, 15) is 4.79 Å². The smallest absolute Gasteiger partial charge is 0.255 e. The van der Waals surface area contributed by atoms with Crippen LogP contribution in [0.4, 0.5) is 0 Å². The maximum atomic E-state index is 12.2. The molecule has 2 rings (SSSR count). The zero-order valence-corrected chi connectivity index (χ0v) is 12.5. The Bertz CT molecular complexity index is 450. The van der Waals surface area contributed by atoms with Crippen molar-refractivity contribution in [2.45, 2.75) is 13.3 Å². The molecule has 0 aliphatic carbocycles. The summed E-state index contributed by atoms with van der Waals surface area (Å²) in [7, 11) is 0. The van der Waals surface area contributed by atoms with E-state index in [1.54, 1.807) is 6.07 Å². The van der Waals surface area contributed by atoms with Crippen LogP contribution in [-0.4, -0.2) is 31.0 Å². The summed E-state index contributed by atoms with van der Waals surface area (Å²) in [6, 6.07) is 5.39. The molecule has 0 radical (unpaired) electrons. The fourth-order valence-corrected chi connectivity index (χ4v) is 2.68. The van der Waals surface area contributed by atoms with Crippen molar-refractivity contribution in [1.29, 1.82) is 0 Å². The molecular weight excluding hydrogens is 310 g/mol. The lowest BCUT2D eigenvalue weighted by Crippen LogP contribution is -2.29. The molecule has 0 aromatic heterocycles. The molecule has 1 heterocycles. The number of fused-ring (bicyclic) bond motifs is 1. The van der Waals surface area contributed by atoms with Crippen molar-refractivity contribution in [1.82, 2.24) is 5.32 Å². The normalized spacial score (nSPS) is 14.8. The predicted molar refractivity (Wildman–Crippen MR) is 77.3 cm³/mol. The Morgan fingerprint density at radius 1 is 1.42 bits per heavy atom. The first-order chi connectivity index (χ1) is 9.22. The first-order valence-corrected chi connectivity index (χ1v) is 7.57. The Morgan fingerprint density at radius 3 is 3.00 bits per heavy atom. The van der Waals surface area contributed by atoms with Gasteiger partial charge in [0.15, 0.2) is 11.5 Å². The van der Waals surface area contributed by atoms with Crippen LogP contribution in [0, 0.1) is 5.92 Å². The van der Waals surface area contributed by atoms with Crippen LogP contribution in [0.3, 0.4) is 0 Å². The molecule has 0 fully saturated rings. The molecule has 19 heavy (non-hydrogen) atoms. The van der Waals surface area contributed by atoms with Gasteiger partial charge in [-0.1, -0.05) is 28.9 Å². The summed E-state index contributed by atoms with van der Waals surface area (Å²) in [5.74, 6) is 1.54. The third-order valence-corrected chi connectivity index (χ3v) is 3.48. The van der Waals surface area contributed by atoms with Gasteiger partial charge in [0.05, 0.1) is 5.56 Å². The third-order valence-electron chi connectivity index (χ3n) is 3.02. The molecule has 1 atom stereocenters. The number of hydrogen-bond acceptors (Lipinski definition) is 3. The first-order valence-electron chi connectivity index (χ1n) is 6.45. The Balaban J connectivity index is 2.03. The number of amides is 1. The van der Waals surface area contributed by atoms with E-state index in [4.69, 9.17) is 9.47 Å². The van der Waals surface area contributed by atoms with Crippen molar-refractivity contribution in [2.24, 2.45) is 5.92 Å². The Labute approximate surface area is 121 Å². The van der Waals surface area contributed by atoms with Gasteiger partial charge in [-0.05, 0) is 24.5 Å². The topological polar surface area (TPSA) is 47.6 Å². The molecule has 1 aromatic carbocycles. The van der Waals surface area contributed by atoms with E-state index in [1.165, 1.54) is 0 Å². The minimum absolute atomic E-state index is 0.108. The van der Waals surface area contributed by atoms with E-state index in [2.05, 4.69) is 28.2 Å². The van der Waals surface area contributed by atoms with Crippen LogP contribution in [0.25, 0.3) is 0 Å². The summed E-state index contributed by atoms with van der Waals surface area (Å²) in [5, 5.41) is 3.88. The van der Waals surface area contributed by atoms with Gasteiger partial charge in [0.1, 0.15) is 13.2 Å². The number of alkyl halides is 1. The molecule has 1 N–H and O–H groups in total. The molecule has 104 valence electrons. The van der Waals surface area contributed by atoms with Crippen LogP contribution in [-0.2, 0) is 0 Å². The monoisotopic (exact) mass is 327 g/mol. The Morgan fingerprint density at radius 2 is 2.21 bits per heavy atom. The minimum atomic E-state index is -0.108. The van der Waals surface area contributed by atoms with Crippen LogP contribution < -0.4 is 14.8 Å². The summed E-state index contributed by atoms with van der Waals surface area (Å²) < 4.78 is 11.0. The van der Waals surface area contributed by atoms with Gasteiger partial charge in [-0.3, -0.25) is 4.79 Å². The lowest BCUT2D eigenvalue weighted by Gasteiger charge is -2.21. The van der Waals surface area contributed by atoms with Crippen molar-refractivity contribution in [2.75, 3.05) is 25.1 Å². The number of halogens is 1. The molecule has 1 aliphatic rings. The van der Waals surface area contributed by atoms with E-state index < -0.39 is 0 Å². The molecule has 5 heteroatoms. The van der Waals surface area contributed by atoms with Crippen molar-refractivity contribution in [3.63, 3.8) is 0 Å². The SMILES string of the molecule is CC(CCBr)CNC(=O)c1cccc2c1OCCO2. The summed E-state index contributed by atoms with van der Waals surface area (Å²) in [6.07, 6.45) is 1.03. The fourth-order valence-electron chi connectivity index (χ4n) is 1.90. The van der Waals surface area contributed by atoms with Crippen molar-refractivity contribution >= 4 is 21.8 Å². The van der Waals surface area contributed by atoms with E-state index in [0.29, 0.717) is 42.7 Å². The van der Waals surface area contributed by atoms with Gasteiger partial charge in [0.25, 0.3) is 5.91 Å². The lowest BCUT2D eigenvalue weighted by molar-refractivity contribution is 0.0937. The van der Waals surface area contributed by atoms with Crippen LogP contribution in [0.15, 0.2) is 18.2 Å². The maximum Gasteiger partial charge on any atom is 0.255 e. The van der Waals surface area contributed by atoms with Crippen molar-refractivity contribution in [3.05, 3.63) is 23.8 Å². The average Bonchev–Trinajstić information content (AvgIpc) is 2.44. The van der Waals surface area contributed by atoms with E-state index >= 15 is 0 Å². The molecule has 1 aromatic rings. The van der Waals surface area contributed by atoms with E-state index in [0.717, 1.165) is 11.8 Å². The van der Waals surface area contributed by atoms with Gasteiger partial charge in [-0.15, -0.1) is 0 Å². The van der Waals surface area contributed by atoms with Crippen LogP contribution in [0.2, 0.25) is 0 Å². The molecule has 1 amide bonds. The number of nitrogens with one attached hydrogen (secondary N) is 1. The highest BCUT2D eigenvalue weighted by Crippen LogP contribution is 2.33. The van der Waals surface area contributed by atoms with Gasteiger partial charge in [0, 0.05) is 11.9 Å². The highest BCUT2D eigenvalue weighted by molar-refractivity contribution is 9.09. The molecule has 0 saturated heterocycles. The predicted octanol–water partition coefficient (Wildman–Crippen LogP) is 2.61. The highest BCUT2D eigenvalue weighted by atomic mass is 79.9. The fraction of sp³-hybridized carbons (Fsp3) is 0.500. The zero-order chi connectivity index (χ0) is 13.7. The number of carbonyl (C=O) groups excluding carboxylic acids is 1. The number of carbonyl (C=O) groups is 1. The second kappa shape index (κ2) is 6.80. The summed E-state index contributed by atoms with van der Waals surface area (Å²) in [4.78, 5) is 12.2. The van der Waals surface area contributed by atoms with E-state index in [1.807, 2.05) is 12.1 Å². The standard InChI is InChI=1S/C14H18BrNO3/c1-10(5-6-15)9-16-14(17)11-3-2-4-12-13(11)19-8-7-18-12/h2-4,10H,5-9H2,1H3,(H,16,17). The highest BCUT2D eigenvalue weighted by Gasteiger charge is 2.20. The second-order valence-corrected chi connectivity index (χ2v) is 5.42. The van der Waals surface area contributed by atoms with E-state index in [-0.39, 0.29) is 5.91 Å². The summed E-state index contributed by atoms with van der Waals surface area (Å²) >= 11 is 3.40. The molecule has 0 saturated carbocycles. The lowest BCUT2D eigenvalue weighted by atomic mass is 10.1. The largest absolute Gasteiger partial charge is 0.486 e. The average molecular weight is 328 g/mol. The molecule has 1 aliphatic heterocycles. The first kappa shape index (κ1) is 14.2. The van der Waals surface area contributed by atoms with Gasteiger partial charge < -0.3 is 14.8 Å². The number of para-hydroxylation sites is 1. The van der Waals surface area contributed by atoms with Crippen molar-refractivity contribution < 1.29 is 14.3 Å². The third kappa shape index (κ3) is 3.62. The number of hydrogen-bond donors (Lipinski definition) is 1. The minimum Gasteiger partial charge on any atom is -0.486 e. The summed E-state index contributed by atoms with van der Waals surface area (Å²) in [6.45, 7) is 3.79. The van der Waals surface area contributed by atoms with Crippen LogP contribution in [0.5, 0.6) is 11.5 Å². The number of benzene rings is 1. The van der Waals surface area contributed by atoms with Crippen molar-refractivity contribution in [3.8, 4) is 11.5 Å². The van der Waals surface area contributed by atoms with Gasteiger partial charge >= 0.3 is 0 Å². The molecule has 0 spiro atoms. The zero-order valence-electron chi connectivity index (χ0n) is 10.9.